The molecule has 0 aromatic rings. The maximum atomic E-state index is 11.4. The summed E-state index contributed by atoms with van der Waals surface area (Å²) >= 11 is 0. The highest BCUT2D eigenvalue weighted by Crippen LogP contribution is 2.17. The molecule has 0 spiro atoms. The first-order valence-electron chi connectivity index (χ1n) is 5.12. The molecule has 14 heavy (non-hydrogen) atoms. The van der Waals surface area contributed by atoms with Crippen LogP contribution in [-0.2, 0) is 4.74 Å². The van der Waals surface area contributed by atoms with E-state index in [4.69, 9.17) is 10.00 Å². The molecular weight excluding hydrogens is 180 g/mol. The third kappa shape index (κ3) is 2.63. The lowest BCUT2D eigenvalue weighted by atomic mass is 10.2. The molecule has 0 bridgehead atoms. The van der Waals surface area contributed by atoms with Crippen molar-refractivity contribution in [3.63, 3.8) is 0 Å². The molecule has 0 aromatic carbocycles. The lowest BCUT2D eigenvalue weighted by Crippen LogP contribution is -2.35. The van der Waals surface area contributed by atoms with Gasteiger partial charge in [0.2, 0.25) is 0 Å². The first kappa shape index (κ1) is 10.8. The van der Waals surface area contributed by atoms with Crippen molar-refractivity contribution in [2.75, 3.05) is 13.2 Å². The number of unbranched alkanes of at least 4 members (excludes halogenated alkanes) is 1. The number of amides is 1. The minimum absolute atomic E-state index is 0.274. The molecule has 1 aliphatic rings. The zero-order valence-electron chi connectivity index (χ0n) is 8.53. The molecule has 1 rings (SSSR count). The summed E-state index contributed by atoms with van der Waals surface area (Å²) in [4.78, 5) is 13.0. The molecule has 0 radical (unpaired) electrons. The summed E-state index contributed by atoms with van der Waals surface area (Å²) in [6, 6.07) is 1.84. The summed E-state index contributed by atoms with van der Waals surface area (Å²) in [6.45, 7) is 3.16. The molecule has 0 saturated carbocycles. The van der Waals surface area contributed by atoms with Crippen LogP contribution in [0.15, 0.2) is 0 Å². The van der Waals surface area contributed by atoms with E-state index in [-0.39, 0.29) is 12.1 Å². The van der Waals surface area contributed by atoms with Crippen LogP contribution in [0.1, 0.15) is 32.6 Å². The molecular formula is C10H16N2O2. The standard InChI is InChI=1S/C10H16N2O2/c1-2-3-7-14-10(13)12-6-4-5-9(12)8-11/h9H,2-7H2,1H3. The lowest BCUT2D eigenvalue weighted by Gasteiger charge is -2.18. The topological polar surface area (TPSA) is 53.3 Å². The first-order valence-corrected chi connectivity index (χ1v) is 5.12. The summed E-state index contributed by atoms with van der Waals surface area (Å²) in [5, 5.41) is 8.76. The van der Waals surface area contributed by atoms with Gasteiger partial charge in [-0.1, -0.05) is 13.3 Å². The minimum atomic E-state index is -0.331. The quantitative estimate of drug-likeness (QED) is 0.648. The molecule has 78 valence electrons. The predicted molar refractivity (Wildman–Crippen MR) is 51.6 cm³/mol. The molecule has 4 nitrogen and oxygen atoms in total. The van der Waals surface area contributed by atoms with Gasteiger partial charge in [-0.05, 0) is 19.3 Å². The van der Waals surface area contributed by atoms with Crippen LogP contribution in [0.2, 0.25) is 0 Å². The monoisotopic (exact) mass is 196 g/mol. The van der Waals surface area contributed by atoms with Crippen molar-refractivity contribution in [3.8, 4) is 6.07 Å². The van der Waals surface area contributed by atoms with Gasteiger partial charge in [0.05, 0.1) is 12.7 Å². The highest BCUT2D eigenvalue weighted by atomic mass is 16.6. The number of hydrogen-bond donors (Lipinski definition) is 0. The highest BCUT2D eigenvalue weighted by molar-refractivity contribution is 5.68. The zero-order chi connectivity index (χ0) is 10.4. The molecule has 0 aliphatic carbocycles. The van der Waals surface area contributed by atoms with Gasteiger partial charge in [-0.3, -0.25) is 4.90 Å². The second kappa shape index (κ2) is 5.48. The fourth-order valence-corrected chi connectivity index (χ4v) is 1.51. The summed E-state index contributed by atoms with van der Waals surface area (Å²) in [7, 11) is 0. The third-order valence-corrected chi connectivity index (χ3v) is 2.36. The molecule has 0 N–H and O–H groups in total. The fraction of sp³-hybridized carbons (Fsp3) is 0.800. The third-order valence-electron chi connectivity index (χ3n) is 2.36. The van der Waals surface area contributed by atoms with Crippen molar-refractivity contribution < 1.29 is 9.53 Å². The number of carbonyl (C=O) groups is 1. The molecule has 1 aliphatic heterocycles. The number of hydrogen-bond acceptors (Lipinski definition) is 3. The van der Waals surface area contributed by atoms with E-state index in [1.165, 1.54) is 4.90 Å². The summed E-state index contributed by atoms with van der Waals surface area (Å²) in [5.74, 6) is 0. The Hall–Kier alpha value is -1.24. The number of nitriles is 1. The summed E-state index contributed by atoms with van der Waals surface area (Å²) in [5.41, 5.74) is 0. The van der Waals surface area contributed by atoms with Crippen molar-refractivity contribution in [2.24, 2.45) is 0 Å². The van der Waals surface area contributed by atoms with Crippen LogP contribution in [0.3, 0.4) is 0 Å². The van der Waals surface area contributed by atoms with Crippen LogP contribution in [0.4, 0.5) is 4.79 Å². The van der Waals surface area contributed by atoms with E-state index in [1.54, 1.807) is 0 Å². The molecule has 1 unspecified atom stereocenters. The van der Waals surface area contributed by atoms with Gasteiger partial charge in [0.1, 0.15) is 6.04 Å². The van der Waals surface area contributed by atoms with E-state index in [2.05, 4.69) is 6.07 Å². The van der Waals surface area contributed by atoms with Gasteiger partial charge in [0.25, 0.3) is 0 Å². The number of ether oxygens (including phenoxy) is 1. The van der Waals surface area contributed by atoms with Crippen molar-refractivity contribution in [3.05, 3.63) is 0 Å². The van der Waals surface area contributed by atoms with Crippen molar-refractivity contribution in [2.45, 2.75) is 38.6 Å². The number of rotatable bonds is 3. The van der Waals surface area contributed by atoms with Gasteiger partial charge in [0, 0.05) is 6.54 Å². The van der Waals surface area contributed by atoms with E-state index in [1.807, 2.05) is 6.92 Å². The van der Waals surface area contributed by atoms with Crippen molar-refractivity contribution >= 4 is 6.09 Å². The Bertz CT molecular complexity index is 235. The van der Waals surface area contributed by atoms with E-state index >= 15 is 0 Å². The summed E-state index contributed by atoms with van der Waals surface area (Å²) < 4.78 is 5.03. The Morgan fingerprint density at radius 2 is 2.50 bits per heavy atom. The highest BCUT2D eigenvalue weighted by Gasteiger charge is 2.29. The molecule has 1 fully saturated rings. The summed E-state index contributed by atoms with van der Waals surface area (Å²) in [6.07, 6.45) is 3.24. The number of likely N-dealkylation sites (tertiary alicyclic amines) is 1. The molecule has 0 aromatic heterocycles. The Labute approximate surface area is 84.4 Å². The van der Waals surface area contributed by atoms with Crippen LogP contribution in [-0.4, -0.2) is 30.2 Å². The van der Waals surface area contributed by atoms with Crippen LogP contribution in [0, 0.1) is 11.3 Å². The molecule has 1 atom stereocenters. The average Bonchev–Trinajstić information content (AvgIpc) is 2.65. The van der Waals surface area contributed by atoms with E-state index in [0.29, 0.717) is 13.2 Å². The number of nitrogens with zero attached hydrogens (tertiary/aromatic N) is 2. The Morgan fingerprint density at radius 1 is 1.71 bits per heavy atom. The van der Waals surface area contributed by atoms with Gasteiger partial charge in [-0.25, -0.2) is 4.79 Å². The van der Waals surface area contributed by atoms with Gasteiger partial charge in [0.15, 0.2) is 0 Å². The minimum Gasteiger partial charge on any atom is -0.449 e. The Balaban J connectivity index is 2.33. The fourth-order valence-electron chi connectivity index (χ4n) is 1.51. The largest absolute Gasteiger partial charge is 0.449 e. The second-order valence-corrected chi connectivity index (χ2v) is 3.45. The van der Waals surface area contributed by atoms with Crippen molar-refractivity contribution in [1.82, 2.24) is 4.90 Å². The molecule has 1 amide bonds. The lowest BCUT2D eigenvalue weighted by molar-refractivity contribution is 0.103. The number of carbonyl (C=O) groups excluding carboxylic acids is 1. The molecule has 4 heteroatoms. The molecule has 1 heterocycles. The maximum absolute atomic E-state index is 11.4. The average molecular weight is 196 g/mol. The van der Waals surface area contributed by atoms with Crippen LogP contribution in [0.25, 0.3) is 0 Å². The Morgan fingerprint density at radius 3 is 3.14 bits per heavy atom. The van der Waals surface area contributed by atoms with Crippen LogP contribution >= 0.6 is 0 Å². The van der Waals surface area contributed by atoms with Gasteiger partial charge in [-0.15, -0.1) is 0 Å². The van der Waals surface area contributed by atoms with E-state index in [0.717, 1.165) is 25.7 Å². The predicted octanol–water partition coefficient (Wildman–Crippen LogP) is 1.91. The second-order valence-electron chi connectivity index (χ2n) is 3.45. The van der Waals surface area contributed by atoms with Gasteiger partial charge < -0.3 is 4.74 Å². The van der Waals surface area contributed by atoms with E-state index in [9.17, 15) is 4.79 Å². The van der Waals surface area contributed by atoms with Gasteiger partial charge in [-0.2, -0.15) is 5.26 Å². The maximum Gasteiger partial charge on any atom is 0.410 e. The SMILES string of the molecule is CCCCOC(=O)N1CCCC1C#N. The van der Waals surface area contributed by atoms with Crippen molar-refractivity contribution in [1.29, 1.82) is 5.26 Å². The van der Waals surface area contributed by atoms with Crippen LogP contribution in [0.5, 0.6) is 0 Å². The molecule has 1 saturated heterocycles. The van der Waals surface area contributed by atoms with Crippen LogP contribution < -0.4 is 0 Å². The Kier molecular flexibility index (Phi) is 4.24. The smallest absolute Gasteiger partial charge is 0.410 e. The van der Waals surface area contributed by atoms with E-state index < -0.39 is 0 Å². The van der Waals surface area contributed by atoms with Gasteiger partial charge >= 0.3 is 6.09 Å². The normalized spacial score (nSPS) is 20.6. The first-order chi connectivity index (χ1) is 6.79. The zero-order valence-corrected chi connectivity index (χ0v) is 8.53.